The summed E-state index contributed by atoms with van der Waals surface area (Å²) in [6.45, 7) is 3.47. The number of carboxylic acids is 1. The van der Waals surface area contributed by atoms with Crippen LogP contribution < -0.4 is 0 Å². The van der Waals surface area contributed by atoms with Crippen molar-refractivity contribution in [2.45, 2.75) is 76.9 Å². The smallest absolute Gasteiger partial charge is 0.320 e. The van der Waals surface area contributed by atoms with E-state index in [1.807, 2.05) is 17.1 Å². The molecule has 1 heterocycles. The second-order valence-corrected chi connectivity index (χ2v) is 6.93. The number of aliphatic carboxylic acids is 1. The van der Waals surface area contributed by atoms with Crippen molar-refractivity contribution in [1.82, 2.24) is 9.80 Å². The maximum Gasteiger partial charge on any atom is 0.320 e. The van der Waals surface area contributed by atoms with Gasteiger partial charge >= 0.3 is 12.0 Å². The van der Waals surface area contributed by atoms with Gasteiger partial charge < -0.3 is 20.0 Å². The molecule has 1 rings (SSSR count). The summed E-state index contributed by atoms with van der Waals surface area (Å²) in [5, 5.41) is 18.6. The number of unbranched alkanes of at least 4 members (excludes halogenated alkanes) is 5. The average molecular weight is 354 g/mol. The predicted molar refractivity (Wildman–Crippen MR) is 98.5 cm³/mol. The molecule has 0 spiro atoms. The summed E-state index contributed by atoms with van der Waals surface area (Å²) in [5.74, 6) is -0.751. The molecule has 0 aromatic carbocycles. The molecular weight excluding hydrogens is 320 g/mol. The molecule has 0 aliphatic carbocycles. The minimum absolute atomic E-state index is 0.0114. The quantitative estimate of drug-likeness (QED) is 0.393. The fraction of sp³-hybridized carbons (Fsp3) is 0.789. The number of nitrogens with zero attached hydrogens (tertiary/aromatic N) is 2. The van der Waals surface area contributed by atoms with Gasteiger partial charge in [-0.15, -0.1) is 0 Å². The first-order chi connectivity index (χ1) is 12.0. The first-order valence-corrected chi connectivity index (χ1v) is 9.55. The predicted octanol–water partition coefficient (Wildman–Crippen LogP) is 3.25. The molecule has 0 saturated carbocycles. The van der Waals surface area contributed by atoms with Gasteiger partial charge in [0.05, 0.1) is 12.1 Å². The van der Waals surface area contributed by atoms with Crippen LogP contribution in [-0.4, -0.2) is 64.3 Å². The van der Waals surface area contributed by atoms with Crippen molar-refractivity contribution in [1.29, 1.82) is 0 Å². The highest BCUT2D eigenvalue weighted by Gasteiger charge is 2.32. The topological polar surface area (TPSA) is 81.1 Å². The Bertz CT molecular complexity index is 439. The molecule has 1 fully saturated rings. The van der Waals surface area contributed by atoms with Crippen molar-refractivity contribution in [2.75, 3.05) is 20.1 Å². The highest BCUT2D eigenvalue weighted by atomic mass is 16.4. The molecule has 1 aliphatic rings. The standard InChI is InChI=1S/C19H34N2O4/c1-3-4-7-10-17(22)13-12-16-15-20(2)19(25)21(16)14-9-6-5-8-11-18(23)24/h12-13,16-17,22H,3-11,14-15H2,1-2H3,(H,23,24)/b13-12+/t16?,17-/m0/s1. The Labute approximate surface area is 151 Å². The highest BCUT2D eigenvalue weighted by molar-refractivity contribution is 5.77. The number of hydrogen-bond acceptors (Lipinski definition) is 3. The van der Waals surface area contributed by atoms with Crippen molar-refractivity contribution < 1.29 is 19.8 Å². The Hall–Kier alpha value is -1.56. The Kier molecular flexibility index (Phi) is 10.2. The molecule has 2 atom stereocenters. The maximum atomic E-state index is 12.3. The van der Waals surface area contributed by atoms with Crippen LogP contribution in [0.1, 0.15) is 64.7 Å². The number of hydrogen-bond donors (Lipinski definition) is 2. The summed E-state index contributed by atoms with van der Waals surface area (Å²) in [7, 11) is 1.80. The van der Waals surface area contributed by atoms with Crippen LogP contribution in [0.2, 0.25) is 0 Å². The Balaban J connectivity index is 2.38. The molecule has 25 heavy (non-hydrogen) atoms. The van der Waals surface area contributed by atoms with Gasteiger partial charge in [-0.3, -0.25) is 4.79 Å². The fourth-order valence-electron chi connectivity index (χ4n) is 3.11. The number of carbonyl (C=O) groups excluding carboxylic acids is 1. The van der Waals surface area contributed by atoms with Crippen LogP contribution in [0.5, 0.6) is 0 Å². The first kappa shape index (κ1) is 21.5. The zero-order valence-corrected chi connectivity index (χ0v) is 15.7. The second-order valence-electron chi connectivity index (χ2n) is 6.93. The minimum Gasteiger partial charge on any atom is -0.481 e. The highest BCUT2D eigenvalue weighted by Crippen LogP contribution is 2.18. The normalized spacial score (nSPS) is 19.2. The van der Waals surface area contributed by atoms with Crippen LogP contribution >= 0.6 is 0 Å². The van der Waals surface area contributed by atoms with Crippen molar-refractivity contribution >= 4 is 12.0 Å². The van der Waals surface area contributed by atoms with E-state index < -0.39 is 12.1 Å². The van der Waals surface area contributed by atoms with Crippen molar-refractivity contribution in [2.24, 2.45) is 0 Å². The third kappa shape index (κ3) is 8.38. The van der Waals surface area contributed by atoms with Gasteiger partial charge in [-0.1, -0.05) is 51.2 Å². The van der Waals surface area contributed by atoms with Crippen LogP contribution in [-0.2, 0) is 4.79 Å². The molecule has 6 heteroatoms. The fourth-order valence-corrected chi connectivity index (χ4v) is 3.11. The van der Waals surface area contributed by atoms with E-state index >= 15 is 0 Å². The number of rotatable bonds is 13. The van der Waals surface area contributed by atoms with Gasteiger partial charge in [0.15, 0.2) is 0 Å². The molecule has 2 N–H and O–H groups in total. The lowest BCUT2D eigenvalue weighted by Gasteiger charge is -2.21. The van der Waals surface area contributed by atoms with Crippen LogP contribution in [0.15, 0.2) is 12.2 Å². The molecule has 6 nitrogen and oxygen atoms in total. The monoisotopic (exact) mass is 354 g/mol. The summed E-state index contributed by atoms with van der Waals surface area (Å²) < 4.78 is 0. The van der Waals surface area contributed by atoms with Crippen molar-refractivity contribution in [3.8, 4) is 0 Å². The lowest BCUT2D eigenvalue weighted by molar-refractivity contribution is -0.137. The number of carboxylic acid groups (broad SMARTS) is 1. The van der Waals surface area contributed by atoms with E-state index in [1.54, 1.807) is 11.9 Å². The van der Waals surface area contributed by atoms with Gasteiger partial charge in [-0.05, 0) is 19.3 Å². The zero-order valence-electron chi connectivity index (χ0n) is 15.7. The summed E-state index contributed by atoms with van der Waals surface area (Å²) >= 11 is 0. The molecule has 0 aromatic rings. The van der Waals surface area contributed by atoms with Crippen molar-refractivity contribution in [3.63, 3.8) is 0 Å². The van der Waals surface area contributed by atoms with Crippen molar-refractivity contribution in [3.05, 3.63) is 12.2 Å². The van der Waals surface area contributed by atoms with Gasteiger partial charge in [-0.2, -0.15) is 0 Å². The molecule has 1 saturated heterocycles. The lowest BCUT2D eigenvalue weighted by atomic mass is 10.1. The van der Waals surface area contributed by atoms with Gasteiger partial charge in [-0.25, -0.2) is 4.79 Å². The van der Waals surface area contributed by atoms with E-state index in [9.17, 15) is 14.7 Å². The summed E-state index contributed by atoms with van der Waals surface area (Å²) in [4.78, 5) is 26.3. The summed E-state index contributed by atoms with van der Waals surface area (Å²) in [6.07, 6.45) is 11.0. The van der Waals surface area contributed by atoms with Gasteiger partial charge in [0, 0.05) is 26.6 Å². The largest absolute Gasteiger partial charge is 0.481 e. The molecular formula is C19H34N2O4. The minimum atomic E-state index is -0.751. The number of aliphatic hydroxyl groups is 1. The summed E-state index contributed by atoms with van der Waals surface area (Å²) in [6, 6.07) is 0.0398. The van der Waals surface area contributed by atoms with E-state index in [1.165, 1.54) is 0 Å². The van der Waals surface area contributed by atoms with Crippen LogP contribution in [0.3, 0.4) is 0 Å². The molecule has 0 bridgehead atoms. The average Bonchev–Trinajstić information content (AvgIpc) is 2.83. The van der Waals surface area contributed by atoms with Gasteiger partial charge in [0.1, 0.15) is 0 Å². The van der Waals surface area contributed by atoms with Gasteiger partial charge in [0.25, 0.3) is 0 Å². The van der Waals surface area contributed by atoms with E-state index in [2.05, 4.69) is 6.92 Å². The zero-order chi connectivity index (χ0) is 18.7. The number of urea groups is 1. The van der Waals surface area contributed by atoms with E-state index in [-0.39, 0.29) is 18.5 Å². The molecule has 0 radical (unpaired) electrons. The first-order valence-electron chi connectivity index (χ1n) is 9.55. The Morgan fingerprint density at radius 2 is 1.96 bits per heavy atom. The van der Waals surface area contributed by atoms with Gasteiger partial charge in [0.2, 0.25) is 0 Å². The van der Waals surface area contributed by atoms with Crippen LogP contribution in [0, 0.1) is 0 Å². The number of amides is 2. The van der Waals surface area contributed by atoms with E-state index in [0.29, 0.717) is 19.5 Å². The third-order valence-electron chi connectivity index (χ3n) is 4.63. The van der Waals surface area contributed by atoms with E-state index in [4.69, 9.17) is 5.11 Å². The number of carbonyl (C=O) groups is 2. The third-order valence-corrected chi connectivity index (χ3v) is 4.63. The molecule has 2 amide bonds. The molecule has 0 aromatic heterocycles. The molecule has 144 valence electrons. The summed E-state index contributed by atoms with van der Waals surface area (Å²) in [5.41, 5.74) is 0. The van der Waals surface area contributed by atoms with Crippen LogP contribution in [0.25, 0.3) is 0 Å². The van der Waals surface area contributed by atoms with E-state index in [0.717, 1.165) is 44.9 Å². The SMILES string of the molecule is CCCCC[C@H](O)/C=C/C1CN(C)C(=O)N1CCCCCCC(=O)O. The Morgan fingerprint density at radius 3 is 2.64 bits per heavy atom. The molecule has 1 unspecified atom stereocenters. The Morgan fingerprint density at radius 1 is 1.24 bits per heavy atom. The van der Waals surface area contributed by atoms with Crippen LogP contribution in [0.4, 0.5) is 4.79 Å². The lowest BCUT2D eigenvalue weighted by Crippen LogP contribution is -2.34. The maximum absolute atomic E-state index is 12.3. The molecule has 1 aliphatic heterocycles. The second kappa shape index (κ2) is 11.9. The number of likely N-dealkylation sites (N-methyl/N-ethyl adjacent to an activating group) is 1. The number of aliphatic hydroxyl groups excluding tert-OH is 1.